The fourth-order valence-corrected chi connectivity index (χ4v) is 2.90. The molecule has 2 N–H and O–H groups in total. The minimum absolute atomic E-state index is 0.172. The third-order valence-corrected chi connectivity index (χ3v) is 4.34. The van der Waals surface area contributed by atoms with Gasteiger partial charge in [0.05, 0.1) is 12.2 Å². The first-order valence-electron chi connectivity index (χ1n) is 9.12. The molecule has 5 nitrogen and oxygen atoms in total. The number of benzene rings is 3. The summed E-state index contributed by atoms with van der Waals surface area (Å²) in [5, 5.41) is 5.75. The Labute approximate surface area is 174 Å². The van der Waals surface area contributed by atoms with Crippen molar-refractivity contribution in [1.82, 2.24) is 5.32 Å². The molecule has 0 fully saturated rings. The van der Waals surface area contributed by atoms with Crippen LogP contribution in [0.3, 0.4) is 0 Å². The van der Waals surface area contributed by atoms with Crippen LogP contribution >= 0.6 is 12.2 Å². The van der Waals surface area contributed by atoms with Gasteiger partial charge in [-0.05, 0) is 66.7 Å². The standard InChI is InChI=1S/C23H20N2O3S/c1-2-28-22(27)19-12-14-20(15-13-19)24-23(29)25-21(26)18-10-8-17(9-11-18)16-6-4-3-5-7-16/h3-15H,2H2,1H3,(H2,24,25,26,29). The second kappa shape index (κ2) is 9.61. The van der Waals surface area contributed by atoms with Crippen molar-refractivity contribution in [2.24, 2.45) is 0 Å². The number of carbonyl (C=O) groups is 2. The molecule has 0 heterocycles. The second-order valence-electron chi connectivity index (χ2n) is 6.15. The van der Waals surface area contributed by atoms with Gasteiger partial charge in [0.15, 0.2) is 5.11 Å². The molecule has 0 unspecified atom stereocenters. The van der Waals surface area contributed by atoms with E-state index in [-0.39, 0.29) is 17.0 Å². The SMILES string of the molecule is CCOC(=O)c1ccc(NC(=S)NC(=O)c2ccc(-c3ccccc3)cc2)cc1. The van der Waals surface area contributed by atoms with Gasteiger partial charge in [-0.25, -0.2) is 4.79 Å². The highest BCUT2D eigenvalue weighted by Crippen LogP contribution is 2.19. The van der Waals surface area contributed by atoms with Gasteiger partial charge in [-0.3, -0.25) is 10.1 Å². The summed E-state index contributed by atoms with van der Waals surface area (Å²) in [5.74, 6) is -0.681. The maximum absolute atomic E-state index is 12.4. The van der Waals surface area contributed by atoms with E-state index in [2.05, 4.69) is 10.6 Å². The molecule has 0 aliphatic carbocycles. The number of esters is 1. The lowest BCUT2D eigenvalue weighted by Gasteiger charge is -2.10. The van der Waals surface area contributed by atoms with Crippen molar-refractivity contribution in [2.75, 3.05) is 11.9 Å². The van der Waals surface area contributed by atoms with Gasteiger partial charge < -0.3 is 10.1 Å². The summed E-state index contributed by atoms with van der Waals surface area (Å²) in [6.07, 6.45) is 0. The lowest BCUT2D eigenvalue weighted by Crippen LogP contribution is -2.34. The summed E-state index contributed by atoms with van der Waals surface area (Å²) in [7, 11) is 0. The van der Waals surface area contributed by atoms with Gasteiger partial charge in [-0.2, -0.15) is 0 Å². The number of rotatable bonds is 5. The van der Waals surface area contributed by atoms with E-state index in [0.29, 0.717) is 23.4 Å². The molecule has 0 aromatic heterocycles. The van der Waals surface area contributed by atoms with Gasteiger partial charge in [0.1, 0.15) is 0 Å². The Kier molecular flexibility index (Phi) is 6.71. The van der Waals surface area contributed by atoms with E-state index in [4.69, 9.17) is 17.0 Å². The fraction of sp³-hybridized carbons (Fsp3) is 0.0870. The summed E-state index contributed by atoms with van der Waals surface area (Å²) in [5.41, 5.74) is 3.73. The highest BCUT2D eigenvalue weighted by molar-refractivity contribution is 7.80. The van der Waals surface area contributed by atoms with E-state index in [0.717, 1.165) is 11.1 Å². The molecule has 0 spiro atoms. The number of nitrogens with one attached hydrogen (secondary N) is 2. The van der Waals surface area contributed by atoms with Crippen molar-refractivity contribution in [3.05, 3.63) is 90.0 Å². The normalized spacial score (nSPS) is 10.1. The molecule has 0 saturated heterocycles. The second-order valence-corrected chi connectivity index (χ2v) is 6.56. The number of hydrogen-bond donors (Lipinski definition) is 2. The minimum Gasteiger partial charge on any atom is -0.462 e. The summed E-state index contributed by atoms with van der Waals surface area (Å²) in [4.78, 5) is 24.1. The van der Waals surface area contributed by atoms with Crippen molar-refractivity contribution in [3.63, 3.8) is 0 Å². The van der Waals surface area contributed by atoms with E-state index in [9.17, 15) is 9.59 Å². The van der Waals surface area contributed by atoms with Crippen molar-refractivity contribution >= 4 is 34.9 Å². The Bertz CT molecular complexity index is 1000. The highest BCUT2D eigenvalue weighted by atomic mass is 32.1. The Morgan fingerprint density at radius 2 is 1.41 bits per heavy atom. The van der Waals surface area contributed by atoms with Gasteiger partial charge in [-0.1, -0.05) is 42.5 Å². The van der Waals surface area contributed by atoms with Gasteiger partial charge in [0, 0.05) is 11.3 Å². The van der Waals surface area contributed by atoms with E-state index in [1.165, 1.54) is 0 Å². The predicted octanol–water partition coefficient (Wildman–Crippen LogP) is 4.66. The van der Waals surface area contributed by atoms with E-state index in [1.54, 1.807) is 43.3 Å². The van der Waals surface area contributed by atoms with Crippen LogP contribution in [-0.2, 0) is 4.74 Å². The molecule has 0 bridgehead atoms. The van der Waals surface area contributed by atoms with E-state index >= 15 is 0 Å². The molecule has 146 valence electrons. The van der Waals surface area contributed by atoms with Crippen LogP contribution in [-0.4, -0.2) is 23.6 Å². The molecule has 0 atom stereocenters. The average Bonchev–Trinajstić information content (AvgIpc) is 2.75. The molecule has 3 rings (SSSR count). The van der Waals surface area contributed by atoms with Crippen LogP contribution < -0.4 is 10.6 Å². The Morgan fingerprint density at radius 1 is 0.828 bits per heavy atom. The maximum atomic E-state index is 12.4. The van der Waals surface area contributed by atoms with Crippen molar-refractivity contribution in [3.8, 4) is 11.1 Å². The van der Waals surface area contributed by atoms with Crippen molar-refractivity contribution in [2.45, 2.75) is 6.92 Å². The van der Waals surface area contributed by atoms with E-state index < -0.39 is 0 Å². The Balaban J connectivity index is 1.58. The zero-order valence-corrected chi connectivity index (χ0v) is 16.7. The van der Waals surface area contributed by atoms with Crippen molar-refractivity contribution < 1.29 is 14.3 Å². The van der Waals surface area contributed by atoms with E-state index in [1.807, 2.05) is 42.5 Å². The zero-order chi connectivity index (χ0) is 20.6. The van der Waals surface area contributed by atoms with Gasteiger partial charge in [0.25, 0.3) is 5.91 Å². The van der Waals surface area contributed by atoms with Crippen LogP contribution in [0.25, 0.3) is 11.1 Å². The summed E-state index contributed by atoms with van der Waals surface area (Å²) in [6, 6.07) is 23.9. The first-order chi connectivity index (χ1) is 14.1. The fourth-order valence-electron chi connectivity index (χ4n) is 2.69. The first kappa shape index (κ1) is 20.2. The maximum Gasteiger partial charge on any atom is 0.338 e. The number of carbonyl (C=O) groups excluding carboxylic acids is 2. The molecule has 6 heteroatoms. The summed E-state index contributed by atoms with van der Waals surface area (Å²) < 4.78 is 4.94. The summed E-state index contributed by atoms with van der Waals surface area (Å²) in [6.45, 7) is 2.07. The number of amides is 1. The molecule has 0 aliphatic heterocycles. The Morgan fingerprint density at radius 3 is 2.03 bits per heavy atom. The van der Waals surface area contributed by atoms with Crippen LogP contribution in [0.4, 0.5) is 5.69 Å². The number of thiocarbonyl (C=S) groups is 1. The van der Waals surface area contributed by atoms with Crippen LogP contribution in [0.5, 0.6) is 0 Å². The van der Waals surface area contributed by atoms with Gasteiger partial charge in [-0.15, -0.1) is 0 Å². The van der Waals surface area contributed by atoms with Gasteiger partial charge >= 0.3 is 5.97 Å². The third-order valence-electron chi connectivity index (χ3n) is 4.14. The predicted molar refractivity (Wildman–Crippen MR) is 118 cm³/mol. The molecular weight excluding hydrogens is 384 g/mol. The van der Waals surface area contributed by atoms with Crippen LogP contribution in [0.15, 0.2) is 78.9 Å². The first-order valence-corrected chi connectivity index (χ1v) is 9.52. The van der Waals surface area contributed by atoms with Gasteiger partial charge in [0.2, 0.25) is 0 Å². The molecule has 1 amide bonds. The molecule has 29 heavy (non-hydrogen) atoms. The lowest BCUT2D eigenvalue weighted by molar-refractivity contribution is 0.0526. The number of anilines is 1. The average molecular weight is 404 g/mol. The topological polar surface area (TPSA) is 67.4 Å². The number of hydrogen-bond acceptors (Lipinski definition) is 4. The molecule has 0 radical (unpaired) electrons. The lowest BCUT2D eigenvalue weighted by atomic mass is 10.0. The van der Waals surface area contributed by atoms with Crippen LogP contribution in [0.1, 0.15) is 27.6 Å². The third kappa shape index (κ3) is 5.49. The molecule has 3 aromatic carbocycles. The highest BCUT2D eigenvalue weighted by Gasteiger charge is 2.10. The molecule has 0 saturated carbocycles. The summed E-state index contributed by atoms with van der Waals surface area (Å²) >= 11 is 5.21. The Hall–Kier alpha value is -3.51. The quantitative estimate of drug-likeness (QED) is 0.478. The molecule has 3 aromatic rings. The smallest absolute Gasteiger partial charge is 0.338 e. The number of ether oxygens (including phenoxy) is 1. The minimum atomic E-state index is -0.381. The van der Waals surface area contributed by atoms with Crippen molar-refractivity contribution in [1.29, 1.82) is 0 Å². The van der Waals surface area contributed by atoms with Crippen LogP contribution in [0, 0.1) is 0 Å². The largest absolute Gasteiger partial charge is 0.462 e. The zero-order valence-electron chi connectivity index (χ0n) is 15.8. The molecule has 0 aliphatic rings. The molecular formula is C23H20N2O3S. The monoisotopic (exact) mass is 404 g/mol. The van der Waals surface area contributed by atoms with Crippen LogP contribution in [0.2, 0.25) is 0 Å².